The fourth-order valence-electron chi connectivity index (χ4n) is 4.55. The lowest BCUT2D eigenvalue weighted by atomic mass is 9.82. The zero-order valence-corrected chi connectivity index (χ0v) is 24.1. The zero-order valence-electron chi connectivity index (χ0n) is 23.3. The van der Waals surface area contributed by atoms with Gasteiger partial charge >= 0.3 is 0 Å². The smallest absolute Gasteiger partial charge is 0.240 e. The summed E-state index contributed by atoms with van der Waals surface area (Å²) >= 11 is 0. The summed E-state index contributed by atoms with van der Waals surface area (Å²) in [6.45, 7) is 5.55. The Morgan fingerprint density at radius 2 is 1.81 bits per heavy atom. The monoisotopic (exact) mass is 592 g/mol. The number of halogens is 2. The number of carbonyl (C=O) groups is 1. The summed E-state index contributed by atoms with van der Waals surface area (Å²) in [6, 6.07) is 15.2. The first-order chi connectivity index (χ1) is 19.9. The average molecular weight is 593 g/mol. The molecule has 4 aromatic rings. The first-order valence-corrected chi connectivity index (χ1v) is 14.8. The molecule has 42 heavy (non-hydrogen) atoms. The van der Waals surface area contributed by atoms with E-state index < -0.39 is 33.0 Å². The molecule has 0 unspecified atom stereocenters. The molecule has 3 aromatic carbocycles. The van der Waals surface area contributed by atoms with Gasteiger partial charge in [-0.05, 0) is 69.2 Å². The number of nitrogens with one attached hydrogen (secondary N) is 4. The minimum absolute atomic E-state index is 0.0517. The molecule has 1 aliphatic rings. The van der Waals surface area contributed by atoms with Crippen molar-refractivity contribution in [3.05, 3.63) is 89.6 Å². The Balaban J connectivity index is 1.41. The molecule has 12 heteroatoms. The van der Waals surface area contributed by atoms with E-state index in [4.69, 9.17) is 0 Å². The second-order valence-corrected chi connectivity index (χ2v) is 12.3. The lowest BCUT2D eigenvalue weighted by Gasteiger charge is -2.25. The van der Waals surface area contributed by atoms with E-state index in [1.807, 2.05) is 0 Å². The number of aromatic nitrogens is 2. The maximum atomic E-state index is 15.3. The van der Waals surface area contributed by atoms with Gasteiger partial charge in [0.25, 0.3) is 0 Å². The van der Waals surface area contributed by atoms with Gasteiger partial charge in [-0.2, -0.15) is 4.98 Å². The van der Waals surface area contributed by atoms with Crippen LogP contribution in [0.25, 0.3) is 11.1 Å². The summed E-state index contributed by atoms with van der Waals surface area (Å²) in [5, 5.41) is 8.79. The Hall–Kier alpha value is -4.42. The molecular weight excluding hydrogens is 562 g/mol. The van der Waals surface area contributed by atoms with Gasteiger partial charge in [-0.3, -0.25) is 4.79 Å². The SMILES string of the molecule is Cc1ccc(F)c(C(C)(C)C(=O)Nc2ccc(-c3cnc4nc3NCCCNS(=O)(=O)c3cccc(c3)N4)cc2F)c1. The van der Waals surface area contributed by atoms with Crippen LogP contribution < -0.4 is 20.7 Å². The van der Waals surface area contributed by atoms with Crippen molar-refractivity contribution in [1.82, 2.24) is 14.7 Å². The number of anilines is 4. The highest BCUT2D eigenvalue weighted by Gasteiger charge is 2.33. The molecule has 4 bridgehead atoms. The number of hydrogen-bond acceptors (Lipinski definition) is 7. The maximum absolute atomic E-state index is 15.3. The number of rotatable bonds is 4. The van der Waals surface area contributed by atoms with Crippen molar-refractivity contribution in [2.75, 3.05) is 29.0 Å². The molecule has 9 nitrogen and oxygen atoms in total. The molecule has 0 radical (unpaired) electrons. The van der Waals surface area contributed by atoms with Gasteiger partial charge in [0.1, 0.15) is 17.5 Å². The van der Waals surface area contributed by atoms with Crippen LogP contribution in [0.4, 0.5) is 31.9 Å². The quantitative estimate of drug-likeness (QED) is 0.247. The third-order valence-corrected chi connectivity index (χ3v) is 8.48. The molecule has 0 saturated heterocycles. The number of carbonyl (C=O) groups excluding carboxylic acids is 1. The fraction of sp³-hybridized carbons (Fsp3) is 0.233. The molecule has 0 fully saturated rings. The van der Waals surface area contributed by atoms with Crippen LogP contribution in [0.15, 0.2) is 71.8 Å². The molecule has 0 spiro atoms. The van der Waals surface area contributed by atoms with Crippen molar-refractivity contribution in [3.63, 3.8) is 0 Å². The molecule has 5 rings (SSSR count). The maximum Gasteiger partial charge on any atom is 0.240 e. The van der Waals surface area contributed by atoms with E-state index in [-0.39, 0.29) is 28.6 Å². The predicted molar refractivity (Wildman–Crippen MR) is 158 cm³/mol. The van der Waals surface area contributed by atoms with Crippen LogP contribution in [-0.2, 0) is 20.2 Å². The van der Waals surface area contributed by atoms with Crippen molar-refractivity contribution in [3.8, 4) is 11.1 Å². The van der Waals surface area contributed by atoms with Gasteiger partial charge in [0.05, 0.1) is 16.0 Å². The Labute approximate surface area is 242 Å². The second kappa shape index (κ2) is 11.5. The van der Waals surface area contributed by atoms with E-state index in [0.29, 0.717) is 35.6 Å². The Kier molecular flexibility index (Phi) is 7.93. The van der Waals surface area contributed by atoms with E-state index in [0.717, 1.165) is 5.56 Å². The van der Waals surface area contributed by atoms with Crippen LogP contribution in [0.1, 0.15) is 31.4 Å². The average Bonchev–Trinajstić information content (AvgIpc) is 2.95. The number of amides is 1. The van der Waals surface area contributed by atoms with E-state index in [2.05, 4.69) is 30.6 Å². The minimum Gasteiger partial charge on any atom is -0.369 e. The topological polar surface area (TPSA) is 125 Å². The summed E-state index contributed by atoms with van der Waals surface area (Å²) in [7, 11) is -3.68. The number of sulfonamides is 1. The van der Waals surface area contributed by atoms with Gasteiger partial charge in [-0.1, -0.05) is 29.8 Å². The van der Waals surface area contributed by atoms with Gasteiger partial charge in [-0.15, -0.1) is 0 Å². The zero-order chi connectivity index (χ0) is 30.1. The van der Waals surface area contributed by atoms with Gasteiger partial charge in [0, 0.05) is 36.1 Å². The third-order valence-electron chi connectivity index (χ3n) is 7.02. The van der Waals surface area contributed by atoms with E-state index in [1.54, 1.807) is 51.1 Å². The van der Waals surface area contributed by atoms with Crippen LogP contribution in [0.2, 0.25) is 0 Å². The van der Waals surface area contributed by atoms with Gasteiger partial charge in [-0.25, -0.2) is 26.9 Å². The third kappa shape index (κ3) is 6.09. The molecule has 2 heterocycles. The summed E-state index contributed by atoms with van der Waals surface area (Å²) in [4.78, 5) is 22.2. The van der Waals surface area contributed by atoms with E-state index in [9.17, 15) is 17.6 Å². The number of nitrogens with zero attached hydrogens (tertiary/aromatic N) is 2. The number of fused-ring (bicyclic) bond motifs is 4. The molecule has 1 amide bonds. The Morgan fingerprint density at radius 1 is 1.00 bits per heavy atom. The number of benzene rings is 3. The molecule has 0 aliphatic carbocycles. The van der Waals surface area contributed by atoms with Crippen LogP contribution in [0, 0.1) is 18.6 Å². The van der Waals surface area contributed by atoms with Crippen molar-refractivity contribution in [2.24, 2.45) is 0 Å². The first kappa shape index (κ1) is 29.1. The van der Waals surface area contributed by atoms with Crippen LogP contribution >= 0.6 is 0 Å². The van der Waals surface area contributed by atoms with Crippen molar-refractivity contribution in [1.29, 1.82) is 0 Å². The molecular formula is C30H30F2N6O3S. The molecule has 0 saturated carbocycles. The van der Waals surface area contributed by atoms with Gasteiger partial charge in [0.15, 0.2) is 0 Å². The molecule has 1 aliphatic heterocycles. The van der Waals surface area contributed by atoms with Crippen molar-refractivity contribution >= 4 is 39.1 Å². The summed E-state index contributed by atoms with van der Waals surface area (Å²) in [6.07, 6.45) is 1.99. The second-order valence-electron chi connectivity index (χ2n) is 10.5. The van der Waals surface area contributed by atoms with Gasteiger partial charge in [0.2, 0.25) is 21.9 Å². The van der Waals surface area contributed by atoms with Crippen molar-refractivity contribution in [2.45, 2.75) is 37.5 Å². The summed E-state index contributed by atoms with van der Waals surface area (Å²) in [5.41, 5.74) is 1.15. The van der Waals surface area contributed by atoms with Crippen LogP contribution in [0.3, 0.4) is 0 Å². The van der Waals surface area contributed by atoms with Crippen LogP contribution in [-0.4, -0.2) is 37.4 Å². The molecule has 0 atom stereocenters. The highest BCUT2D eigenvalue weighted by atomic mass is 32.2. The Bertz CT molecular complexity index is 1780. The standard InChI is InChI=1S/C30H30F2N6O3S/c1-18-8-10-24(31)23(14-18)30(2,3)28(39)37-26-11-9-19(15-25(26)32)22-17-34-29-36-20-6-4-7-21(16-20)42(40,41)35-13-5-12-33-27(22)38-29/h4,6-11,14-17,35H,5,12-13H2,1-3H3,(H,37,39)(H2,33,34,36,38). The first-order valence-electron chi connectivity index (χ1n) is 13.3. The minimum atomic E-state index is -3.68. The van der Waals surface area contributed by atoms with Crippen LogP contribution in [0.5, 0.6) is 0 Å². The van der Waals surface area contributed by atoms with Gasteiger partial charge < -0.3 is 16.0 Å². The van der Waals surface area contributed by atoms with Crippen molar-refractivity contribution < 1.29 is 22.0 Å². The lowest BCUT2D eigenvalue weighted by Crippen LogP contribution is -2.36. The van der Waals surface area contributed by atoms with E-state index in [1.165, 1.54) is 36.5 Å². The lowest BCUT2D eigenvalue weighted by molar-refractivity contribution is -0.120. The molecule has 1 aromatic heterocycles. The fourth-order valence-corrected chi connectivity index (χ4v) is 5.67. The molecule has 4 N–H and O–H groups in total. The normalized spacial score (nSPS) is 14.8. The highest BCUT2D eigenvalue weighted by Crippen LogP contribution is 2.32. The molecule has 218 valence electrons. The number of aryl methyl sites for hydroxylation is 1. The number of hydrogen-bond donors (Lipinski definition) is 4. The predicted octanol–water partition coefficient (Wildman–Crippen LogP) is 5.48. The largest absolute Gasteiger partial charge is 0.369 e. The summed E-state index contributed by atoms with van der Waals surface area (Å²) < 4.78 is 57.7. The highest BCUT2D eigenvalue weighted by molar-refractivity contribution is 7.89. The summed E-state index contributed by atoms with van der Waals surface area (Å²) in [5.74, 6) is -1.12. The Morgan fingerprint density at radius 3 is 2.60 bits per heavy atom. The van der Waals surface area contributed by atoms with E-state index >= 15 is 4.39 Å².